The molecule has 1 heterocycles. The zero-order valence-electron chi connectivity index (χ0n) is 20.1. The van der Waals surface area contributed by atoms with Gasteiger partial charge in [0.2, 0.25) is 5.91 Å². The summed E-state index contributed by atoms with van der Waals surface area (Å²) in [5, 5.41) is 9.58. The zero-order valence-corrected chi connectivity index (χ0v) is 20.1. The number of rotatable bonds is 9. The number of carbonyl (C=O) groups excluding carboxylic acids is 2. The maximum absolute atomic E-state index is 13.9. The fraction of sp³-hybridized carbons (Fsp3) is 0.792. The summed E-state index contributed by atoms with van der Waals surface area (Å²) in [4.78, 5) is 33.5. The number of halogens is 1. The summed E-state index contributed by atoms with van der Waals surface area (Å²) in [7, 11) is 0. The molecule has 1 saturated heterocycles. The first-order chi connectivity index (χ1) is 15.2. The molecule has 1 saturated carbocycles. The van der Waals surface area contributed by atoms with Crippen molar-refractivity contribution in [1.82, 2.24) is 9.80 Å². The molecule has 4 unspecified atom stereocenters. The lowest BCUT2D eigenvalue weighted by molar-refractivity contribution is -0.131. The van der Waals surface area contributed by atoms with Crippen molar-refractivity contribution in [3.05, 3.63) is 11.3 Å². The van der Waals surface area contributed by atoms with Crippen LogP contribution in [0.15, 0.2) is 16.3 Å². The van der Waals surface area contributed by atoms with Crippen molar-refractivity contribution in [2.24, 2.45) is 22.6 Å². The third-order valence-electron chi connectivity index (χ3n) is 6.63. The van der Waals surface area contributed by atoms with E-state index in [1.165, 1.54) is 4.90 Å². The minimum atomic E-state index is -1.46. The van der Waals surface area contributed by atoms with Crippen LogP contribution in [0.25, 0.3) is 0 Å². The Morgan fingerprint density at radius 2 is 2.03 bits per heavy atom. The first-order valence-corrected chi connectivity index (χ1v) is 12.1. The standard InChI is InChI=1S/C24H41FN4O3/c1-5-9-28(10-7-16(3)6-2)22(31)14-27-20-13-17(4)12-18(20)23(26)24(32)29-11-8-21(30)19(25)15-29/h16-17,19,21,30H,5-15,26H2,1-4H3/b23-18-,27-20?. The van der Waals surface area contributed by atoms with Crippen molar-refractivity contribution in [3.63, 3.8) is 0 Å². The van der Waals surface area contributed by atoms with Gasteiger partial charge in [0.05, 0.1) is 12.6 Å². The van der Waals surface area contributed by atoms with Gasteiger partial charge in [0.15, 0.2) is 0 Å². The normalized spacial score (nSPS) is 27.5. The predicted octanol–water partition coefficient (Wildman–Crippen LogP) is 2.68. The van der Waals surface area contributed by atoms with Crippen molar-refractivity contribution in [2.75, 3.05) is 32.7 Å². The van der Waals surface area contributed by atoms with Gasteiger partial charge in [-0.15, -0.1) is 0 Å². The Kier molecular flexibility index (Phi) is 10.1. The molecule has 182 valence electrons. The average molecular weight is 453 g/mol. The van der Waals surface area contributed by atoms with Crippen LogP contribution in [0.5, 0.6) is 0 Å². The van der Waals surface area contributed by atoms with Crippen molar-refractivity contribution in [3.8, 4) is 0 Å². The molecule has 0 bridgehead atoms. The smallest absolute Gasteiger partial charge is 0.270 e. The molecule has 32 heavy (non-hydrogen) atoms. The van der Waals surface area contributed by atoms with Gasteiger partial charge < -0.3 is 20.6 Å². The molecule has 1 aliphatic heterocycles. The van der Waals surface area contributed by atoms with Crippen LogP contribution in [-0.4, -0.2) is 77.4 Å². The largest absolute Gasteiger partial charge is 0.394 e. The molecule has 7 nitrogen and oxygen atoms in total. The van der Waals surface area contributed by atoms with Gasteiger partial charge in [-0.2, -0.15) is 0 Å². The van der Waals surface area contributed by atoms with Crippen molar-refractivity contribution in [2.45, 2.75) is 78.5 Å². The van der Waals surface area contributed by atoms with Gasteiger partial charge >= 0.3 is 0 Å². The lowest BCUT2D eigenvalue weighted by Crippen LogP contribution is -2.48. The highest BCUT2D eigenvalue weighted by Gasteiger charge is 2.33. The van der Waals surface area contributed by atoms with Crippen LogP contribution in [0.3, 0.4) is 0 Å². The van der Waals surface area contributed by atoms with E-state index in [0.29, 0.717) is 36.6 Å². The quantitative estimate of drug-likeness (QED) is 0.526. The van der Waals surface area contributed by atoms with Gasteiger partial charge in [-0.1, -0.05) is 34.1 Å². The first-order valence-electron chi connectivity index (χ1n) is 12.1. The topological polar surface area (TPSA) is 99.2 Å². The van der Waals surface area contributed by atoms with Gasteiger partial charge in [-0.3, -0.25) is 14.6 Å². The summed E-state index contributed by atoms with van der Waals surface area (Å²) in [5.41, 5.74) is 7.70. The summed E-state index contributed by atoms with van der Waals surface area (Å²) in [6.45, 7) is 10.1. The number of amides is 2. The Morgan fingerprint density at radius 3 is 2.66 bits per heavy atom. The summed E-state index contributed by atoms with van der Waals surface area (Å²) in [6, 6.07) is 0. The number of carbonyl (C=O) groups is 2. The number of allylic oxidation sites excluding steroid dienone is 1. The van der Waals surface area contributed by atoms with Crippen molar-refractivity contribution >= 4 is 17.5 Å². The second-order valence-electron chi connectivity index (χ2n) is 9.47. The van der Waals surface area contributed by atoms with E-state index in [1.54, 1.807) is 0 Å². The maximum Gasteiger partial charge on any atom is 0.270 e. The van der Waals surface area contributed by atoms with Crippen LogP contribution in [0, 0.1) is 11.8 Å². The number of aliphatic imine (C=N–C) groups is 1. The monoisotopic (exact) mass is 452 g/mol. The van der Waals surface area contributed by atoms with Gasteiger partial charge in [-0.05, 0) is 43.9 Å². The lowest BCUT2D eigenvalue weighted by atomic mass is 10.0. The SMILES string of the molecule is CCCN(CCC(C)CC)C(=O)CN=C1CC(C)C/C1=C(/N)C(=O)N1CCC(O)C(F)C1. The van der Waals surface area contributed by atoms with E-state index in [2.05, 4.69) is 32.7 Å². The molecule has 2 amide bonds. The zero-order chi connectivity index (χ0) is 23.8. The second kappa shape index (κ2) is 12.3. The van der Waals surface area contributed by atoms with Crippen LogP contribution in [0.2, 0.25) is 0 Å². The minimum Gasteiger partial charge on any atom is -0.394 e. The Morgan fingerprint density at radius 1 is 1.31 bits per heavy atom. The molecule has 4 atom stereocenters. The van der Waals surface area contributed by atoms with Crippen LogP contribution in [0.1, 0.15) is 66.2 Å². The molecule has 2 fully saturated rings. The molecule has 0 radical (unpaired) electrons. The number of likely N-dealkylation sites (tertiary alicyclic amines) is 1. The molecule has 8 heteroatoms. The van der Waals surface area contributed by atoms with E-state index < -0.39 is 18.2 Å². The Bertz CT molecular complexity index is 724. The molecule has 1 aliphatic carbocycles. The number of nitrogens with zero attached hydrogens (tertiary/aromatic N) is 3. The molecular formula is C24H41FN4O3. The highest BCUT2D eigenvalue weighted by Crippen LogP contribution is 2.30. The fourth-order valence-electron chi connectivity index (χ4n) is 4.27. The Hall–Kier alpha value is -1.96. The number of aliphatic hydroxyl groups excluding tert-OH is 1. The third-order valence-corrected chi connectivity index (χ3v) is 6.63. The van der Waals surface area contributed by atoms with Gasteiger partial charge in [0.1, 0.15) is 18.4 Å². The first kappa shape index (κ1) is 26.3. The number of hydrogen-bond acceptors (Lipinski definition) is 5. The molecule has 0 aromatic carbocycles. The summed E-state index contributed by atoms with van der Waals surface area (Å²) in [6.07, 6.45) is 1.96. The number of nitrogens with two attached hydrogens (primary N) is 1. The summed E-state index contributed by atoms with van der Waals surface area (Å²) < 4.78 is 13.9. The number of hydrogen-bond donors (Lipinski definition) is 2. The summed E-state index contributed by atoms with van der Waals surface area (Å²) >= 11 is 0. The molecule has 3 N–H and O–H groups in total. The fourth-order valence-corrected chi connectivity index (χ4v) is 4.27. The van der Waals surface area contributed by atoms with E-state index in [4.69, 9.17) is 5.73 Å². The summed E-state index contributed by atoms with van der Waals surface area (Å²) in [5.74, 6) is 0.435. The highest BCUT2D eigenvalue weighted by molar-refractivity contribution is 6.09. The lowest BCUT2D eigenvalue weighted by Gasteiger charge is -2.32. The molecule has 0 aromatic rings. The molecule has 2 rings (SSSR count). The maximum atomic E-state index is 13.9. The Balaban J connectivity index is 2.10. The van der Waals surface area contributed by atoms with Crippen LogP contribution < -0.4 is 5.73 Å². The van der Waals surface area contributed by atoms with Crippen LogP contribution in [-0.2, 0) is 9.59 Å². The molecular weight excluding hydrogens is 411 g/mol. The van der Waals surface area contributed by atoms with Crippen LogP contribution in [0.4, 0.5) is 4.39 Å². The molecule has 0 aromatic heterocycles. The van der Waals surface area contributed by atoms with E-state index >= 15 is 0 Å². The third kappa shape index (κ3) is 7.02. The minimum absolute atomic E-state index is 0.00302. The number of piperidine rings is 1. The highest BCUT2D eigenvalue weighted by atomic mass is 19.1. The number of alkyl halides is 1. The van der Waals surface area contributed by atoms with E-state index in [-0.39, 0.29) is 43.6 Å². The van der Waals surface area contributed by atoms with Gasteiger partial charge in [0, 0.05) is 30.9 Å². The number of aliphatic hydroxyl groups is 1. The second-order valence-corrected chi connectivity index (χ2v) is 9.47. The van der Waals surface area contributed by atoms with Crippen molar-refractivity contribution < 1.29 is 19.1 Å². The van der Waals surface area contributed by atoms with Crippen molar-refractivity contribution in [1.29, 1.82) is 0 Å². The molecule has 2 aliphatic rings. The van der Waals surface area contributed by atoms with Gasteiger partial charge in [0.25, 0.3) is 5.91 Å². The molecule has 0 spiro atoms. The van der Waals surface area contributed by atoms with Crippen LogP contribution >= 0.6 is 0 Å². The Labute approximate surface area is 191 Å². The van der Waals surface area contributed by atoms with E-state index in [1.807, 2.05) is 4.90 Å². The van der Waals surface area contributed by atoms with E-state index in [9.17, 15) is 19.1 Å². The average Bonchev–Trinajstić information content (AvgIpc) is 3.15. The van der Waals surface area contributed by atoms with Gasteiger partial charge in [-0.25, -0.2) is 4.39 Å². The predicted molar refractivity (Wildman–Crippen MR) is 125 cm³/mol. The van der Waals surface area contributed by atoms with E-state index in [0.717, 1.165) is 25.8 Å².